The van der Waals surface area contributed by atoms with Gasteiger partial charge in [0.25, 0.3) is 15.9 Å². The number of rotatable bonds is 7. The number of urea groups is 1. The van der Waals surface area contributed by atoms with Crippen molar-refractivity contribution in [2.45, 2.75) is 56.9 Å². The maximum absolute atomic E-state index is 12.9. The van der Waals surface area contributed by atoms with E-state index in [4.69, 9.17) is 0 Å². The number of nitrogens with one attached hydrogen (secondary N) is 3. The predicted molar refractivity (Wildman–Crippen MR) is 136 cm³/mol. The molecule has 194 valence electrons. The third-order valence-corrected chi connectivity index (χ3v) is 8.05. The highest BCUT2D eigenvalue weighted by Gasteiger charge is 2.27. The van der Waals surface area contributed by atoms with E-state index >= 15 is 0 Å². The Bertz CT molecular complexity index is 1450. The lowest BCUT2D eigenvalue weighted by atomic mass is 9.99. The monoisotopic (exact) mass is 523 g/mol. The van der Waals surface area contributed by atoms with E-state index in [1.165, 1.54) is 34.3 Å². The molecule has 3 N–H and O–H groups in total. The van der Waals surface area contributed by atoms with Gasteiger partial charge in [0.2, 0.25) is 0 Å². The molecule has 0 unspecified atom stereocenters. The Hall–Kier alpha value is -3.80. The Morgan fingerprint density at radius 2 is 1.70 bits per heavy atom. The summed E-state index contributed by atoms with van der Waals surface area (Å²) in [5.74, 6) is -0.375. The SMILES string of the molecule is Cc1cnc(C(=O)NCCc2cc(S(=O)(=O)NC(=O)Nc3c4c(cc5c3CCC5)CCC4)nn2C)cn1. The van der Waals surface area contributed by atoms with Gasteiger partial charge in [-0.1, -0.05) is 6.07 Å². The molecule has 0 aliphatic heterocycles. The first-order chi connectivity index (χ1) is 17.7. The fourth-order valence-electron chi connectivity index (χ4n) is 5.03. The Kier molecular flexibility index (Phi) is 6.67. The van der Waals surface area contributed by atoms with Gasteiger partial charge in [0.05, 0.1) is 11.9 Å². The number of aryl methyl sites for hydroxylation is 4. The fourth-order valence-corrected chi connectivity index (χ4v) is 5.95. The van der Waals surface area contributed by atoms with Crippen LogP contribution in [0.4, 0.5) is 10.5 Å². The summed E-state index contributed by atoms with van der Waals surface area (Å²) in [7, 11) is -2.59. The second-order valence-corrected chi connectivity index (χ2v) is 11.1. The van der Waals surface area contributed by atoms with Crippen molar-refractivity contribution in [3.63, 3.8) is 0 Å². The number of nitrogens with zero attached hydrogens (tertiary/aromatic N) is 4. The molecule has 0 spiro atoms. The Morgan fingerprint density at radius 3 is 2.35 bits per heavy atom. The molecule has 0 saturated carbocycles. The zero-order valence-electron chi connectivity index (χ0n) is 20.8. The number of fused-ring (bicyclic) bond motifs is 2. The van der Waals surface area contributed by atoms with Gasteiger partial charge < -0.3 is 10.6 Å². The summed E-state index contributed by atoms with van der Waals surface area (Å²) in [4.78, 5) is 33.1. The average Bonchev–Trinajstić information content (AvgIpc) is 3.59. The molecule has 37 heavy (non-hydrogen) atoms. The highest BCUT2D eigenvalue weighted by Crippen LogP contribution is 2.38. The summed E-state index contributed by atoms with van der Waals surface area (Å²) in [5, 5.41) is 9.37. The molecule has 0 saturated heterocycles. The summed E-state index contributed by atoms with van der Waals surface area (Å²) in [5.41, 5.74) is 6.98. The summed E-state index contributed by atoms with van der Waals surface area (Å²) in [6.07, 6.45) is 9.01. The van der Waals surface area contributed by atoms with E-state index < -0.39 is 16.1 Å². The third kappa shape index (κ3) is 5.19. The molecular formula is C25H29N7O4S. The quantitative estimate of drug-likeness (QED) is 0.429. The van der Waals surface area contributed by atoms with Gasteiger partial charge in [-0.05, 0) is 67.7 Å². The van der Waals surface area contributed by atoms with Crippen LogP contribution >= 0.6 is 0 Å². The lowest BCUT2D eigenvalue weighted by Gasteiger charge is -2.16. The van der Waals surface area contributed by atoms with Crippen LogP contribution in [0, 0.1) is 6.92 Å². The molecular weight excluding hydrogens is 494 g/mol. The normalized spacial score (nSPS) is 14.2. The molecule has 0 fully saturated rings. The molecule has 5 rings (SSSR count). The molecule has 2 aliphatic rings. The predicted octanol–water partition coefficient (Wildman–Crippen LogP) is 1.98. The van der Waals surface area contributed by atoms with Crippen LogP contribution in [0.3, 0.4) is 0 Å². The number of benzene rings is 1. The maximum Gasteiger partial charge on any atom is 0.333 e. The van der Waals surface area contributed by atoms with E-state index in [1.54, 1.807) is 14.0 Å². The number of anilines is 1. The van der Waals surface area contributed by atoms with Crippen LogP contribution in [0.5, 0.6) is 0 Å². The minimum absolute atomic E-state index is 0.198. The second kappa shape index (κ2) is 9.92. The molecule has 3 amide bonds. The van der Waals surface area contributed by atoms with Gasteiger partial charge in [0.1, 0.15) is 5.69 Å². The van der Waals surface area contributed by atoms with Crippen molar-refractivity contribution < 1.29 is 18.0 Å². The van der Waals surface area contributed by atoms with Gasteiger partial charge in [-0.3, -0.25) is 14.5 Å². The first-order valence-corrected chi connectivity index (χ1v) is 13.8. The van der Waals surface area contributed by atoms with Crippen molar-refractivity contribution in [3.05, 3.63) is 63.9 Å². The second-order valence-electron chi connectivity index (χ2n) is 9.44. The molecule has 0 bridgehead atoms. The van der Waals surface area contributed by atoms with Crippen LogP contribution in [-0.2, 0) is 49.2 Å². The minimum atomic E-state index is -4.20. The van der Waals surface area contributed by atoms with Crippen molar-refractivity contribution in [2.24, 2.45) is 7.05 Å². The Morgan fingerprint density at radius 1 is 1.00 bits per heavy atom. The highest BCUT2D eigenvalue weighted by molar-refractivity contribution is 7.90. The largest absolute Gasteiger partial charge is 0.350 e. The van der Waals surface area contributed by atoms with Gasteiger partial charge in [0, 0.05) is 43.7 Å². The van der Waals surface area contributed by atoms with E-state index in [1.807, 2.05) is 0 Å². The standard InChI is InChI=1S/C25H29N7O4S/c1-15-13-28-21(14-27-15)24(33)26-10-9-18-12-22(30-32(18)2)37(35,36)31-25(34)29-23-19-7-3-5-16(19)11-17-6-4-8-20(17)23/h11-14H,3-10H2,1-2H3,(H,26,33)(H2,29,31,34). The van der Waals surface area contributed by atoms with Crippen LogP contribution in [-0.4, -0.2) is 46.6 Å². The first kappa shape index (κ1) is 24.9. The van der Waals surface area contributed by atoms with Gasteiger partial charge >= 0.3 is 6.03 Å². The van der Waals surface area contributed by atoms with E-state index in [-0.39, 0.29) is 23.2 Å². The average molecular weight is 524 g/mol. The first-order valence-electron chi connectivity index (χ1n) is 12.3. The third-order valence-electron chi connectivity index (χ3n) is 6.85. The van der Waals surface area contributed by atoms with Crippen molar-refractivity contribution >= 4 is 27.6 Å². The molecule has 2 aliphatic carbocycles. The van der Waals surface area contributed by atoms with Crippen molar-refractivity contribution in [1.82, 2.24) is 29.8 Å². The van der Waals surface area contributed by atoms with E-state index in [0.29, 0.717) is 17.8 Å². The van der Waals surface area contributed by atoms with Gasteiger partial charge in [-0.15, -0.1) is 0 Å². The van der Waals surface area contributed by atoms with Gasteiger partial charge in [-0.2, -0.15) is 13.5 Å². The Labute approximate surface area is 215 Å². The topological polar surface area (TPSA) is 148 Å². The van der Waals surface area contributed by atoms with Crippen LogP contribution in [0.1, 0.15) is 57.0 Å². The van der Waals surface area contributed by atoms with E-state index in [9.17, 15) is 18.0 Å². The zero-order valence-corrected chi connectivity index (χ0v) is 21.6. The van der Waals surface area contributed by atoms with E-state index in [0.717, 1.165) is 55.3 Å². The number of hydrogen-bond donors (Lipinski definition) is 3. The van der Waals surface area contributed by atoms with Crippen LogP contribution in [0.25, 0.3) is 0 Å². The summed E-state index contributed by atoms with van der Waals surface area (Å²) >= 11 is 0. The van der Waals surface area contributed by atoms with Crippen molar-refractivity contribution in [2.75, 3.05) is 11.9 Å². The number of amides is 3. The number of aromatic nitrogens is 4. The van der Waals surface area contributed by atoms with Crippen LogP contribution in [0.15, 0.2) is 29.6 Å². The molecule has 0 radical (unpaired) electrons. The minimum Gasteiger partial charge on any atom is -0.350 e. The fraction of sp³-hybridized carbons (Fsp3) is 0.400. The molecule has 2 aromatic heterocycles. The molecule has 2 heterocycles. The molecule has 12 heteroatoms. The molecule has 1 aromatic carbocycles. The van der Waals surface area contributed by atoms with Gasteiger partial charge in [-0.25, -0.2) is 14.5 Å². The number of carbonyl (C=O) groups is 2. The lowest BCUT2D eigenvalue weighted by Crippen LogP contribution is -2.35. The number of hydrogen-bond acceptors (Lipinski definition) is 7. The van der Waals surface area contributed by atoms with Crippen LogP contribution in [0.2, 0.25) is 0 Å². The van der Waals surface area contributed by atoms with Gasteiger partial charge in [0.15, 0.2) is 5.03 Å². The zero-order chi connectivity index (χ0) is 26.2. The summed E-state index contributed by atoms with van der Waals surface area (Å²) in [6, 6.07) is 2.84. The summed E-state index contributed by atoms with van der Waals surface area (Å²) < 4.78 is 29.4. The highest BCUT2D eigenvalue weighted by atomic mass is 32.2. The maximum atomic E-state index is 12.9. The van der Waals surface area contributed by atoms with Crippen molar-refractivity contribution in [3.8, 4) is 0 Å². The molecule has 0 atom stereocenters. The van der Waals surface area contributed by atoms with Crippen LogP contribution < -0.4 is 15.4 Å². The lowest BCUT2D eigenvalue weighted by molar-refractivity contribution is 0.0948. The molecule has 11 nitrogen and oxygen atoms in total. The number of sulfonamides is 1. The Balaban J connectivity index is 1.23. The summed E-state index contributed by atoms with van der Waals surface area (Å²) in [6.45, 7) is 2.02. The van der Waals surface area contributed by atoms with E-state index in [2.05, 4.69) is 36.5 Å². The molecule has 3 aromatic rings. The number of carbonyl (C=O) groups excluding carboxylic acids is 2. The smallest absolute Gasteiger partial charge is 0.333 e. The van der Waals surface area contributed by atoms with Crippen molar-refractivity contribution in [1.29, 1.82) is 0 Å².